The molecular formula is CH3FeOP. The molecule has 0 fully saturated rings. The standard InChI is InChI=1S/CO.Fe.H3P/c1-2;;/h;;1H3. The van der Waals surface area contributed by atoms with Gasteiger partial charge in [0.25, 0.3) is 0 Å². The number of carbonyl (C=O) groups excluding carboxylic acids is 1. The Morgan fingerprint density at radius 2 is 1.75 bits per heavy atom. The van der Waals surface area contributed by atoms with E-state index in [9.17, 15) is 0 Å². The fourth-order valence-electron chi connectivity index (χ4n) is 0. The number of rotatable bonds is 0. The first-order chi connectivity index (χ1) is 1.41. The maximum atomic E-state index is 8.57. The second-order valence-electron chi connectivity index (χ2n) is 0.0722. The van der Waals surface area contributed by atoms with E-state index < -0.39 is 0 Å². The van der Waals surface area contributed by atoms with Crippen LogP contribution in [0.1, 0.15) is 0 Å². The molecule has 1 atom stereocenters. The zero-order valence-corrected chi connectivity index (χ0v) is 4.49. The molecule has 0 aliphatic heterocycles. The first-order valence-electron chi connectivity index (χ1n) is 0.381. The minimum Gasteiger partial charge on any atom is -0.153 e. The van der Waals surface area contributed by atoms with Crippen molar-refractivity contribution < 1.29 is 20.4 Å². The van der Waals surface area contributed by atoms with E-state index in [0.717, 1.165) is 0 Å². The summed E-state index contributed by atoms with van der Waals surface area (Å²) >= 11 is 2.68. The molecular weight excluding hydrogens is 115 g/mol. The topological polar surface area (TPSA) is 17.1 Å². The Kier molecular flexibility index (Phi) is 21.3. The van der Waals surface area contributed by atoms with Gasteiger partial charge in [0.15, 0.2) is 0 Å². The van der Waals surface area contributed by atoms with Crippen LogP contribution in [0.15, 0.2) is 0 Å². The molecule has 0 saturated carbocycles. The Hall–Kier alpha value is 0.529. The van der Waals surface area contributed by atoms with Crippen LogP contribution in [0.2, 0.25) is 0 Å². The molecule has 0 aromatic rings. The summed E-state index contributed by atoms with van der Waals surface area (Å²) in [5, 5.41) is 0. The van der Waals surface area contributed by atoms with Gasteiger partial charge in [-0.25, -0.2) is 0 Å². The van der Waals surface area contributed by atoms with E-state index in [1.807, 2.05) is 0 Å². The maximum absolute atomic E-state index is 8.57. The molecule has 0 rings (SSSR count). The summed E-state index contributed by atoms with van der Waals surface area (Å²) in [6.45, 7) is 0. The normalized spacial score (nSPS) is 2.25. The summed E-state index contributed by atoms with van der Waals surface area (Å²) in [7, 11) is 0. The molecule has 1 nitrogen and oxygen atoms in total. The number of hydrogen-bond donors (Lipinski definition) is 0. The van der Waals surface area contributed by atoms with Gasteiger partial charge in [-0.1, -0.05) is 0 Å². The van der Waals surface area contributed by atoms with Crippen LogP contribution in [0.3, 0.4) is 0 Å². The van der Waals surface area contributed by atoms with Gasteiger partial charge < -0.3 is 0 Å². The van der Waals surface area contributed by atoms with Crippen molar-refractivity contribution in [1.82, 2.24) is 0 Å². The van der Waals surface area contributed by atoms with Crippen LogP contribution >= 0.6 is 9.90 Å². The van der Waals surface area contributed by atoms with Crippen LogP contribution in [-0.4, -0.2) is 4.79 Å². The van der Waals surface area contributed by atoms with Gasteiger partial charge in [-0.15, -0.1) is 0 Å². The summed E-state index contributed by atoms with van der Waals surface area (Å²) in [4.78, 5) is 9.82. The van der Waals surface area contributed by atoms with E-state index in [-0.39, 0.29) is 9.90 Å². The van der Waals surface area contributed by atoms with E-state index in [4.69, 9.17) is 4.79 Å². The molecule has 26 valence electrons. The van der Waals surface area contributed by atoms with Crippen molar-refractivity contribution in [2.24, 2.45) is 0 Å². The van der Waals surface area contributed by atoms with E-state index >= 15 is 0 Å². The van der Waals surface area contributed by atoms with Gasteiger partial charge in [0.2, 0.25) is 0 Å². The van der Waals surface area contributed by atoms with Crippen LogP contribution in [0.4, 0.5) is 0 Å². The van der Waals surface area contributed by atoms with Crippen molar-refractivity contribution in [2.45, 2.75) is 0 Å². The van der Waals surface area contributed by atoms with E-state index in [2.05, 4.69) is 15.6 Å². The summed E-state index contributed by atoms with van der Waals surface area (Å²) < 4.78 is 0. The first-order valence-corrected chi connectivity index (χ1v) is 0.933. The van der Waals surface area contributed by atoms with Crippen molar-refractivity contribution in [3.63, 3.8) is 0 Å². The summed E-state index contributed by atoms with van der Waals surface area (Å²) in [5.41, 5.74) is 0. The fraction of sp³-hybridized carbons (Fsp3) is 0. The van der Waals surface area contributed by atoms with Gasteiger partial charge in [0.05, 0.1) is 0 Å². The molecule has 0 aliphatic rings. The van der Waals surface area contributed by atoms with Gasteiger partial charge in [0, 0.05) is 0 Å². The minimum atomic E-state index is 0. The first kappa shape index (κ1) is 8.82. The molecule has 0 amide bonds. The molecule has 0 aliphatic carbocycles. The Labute approximate surface area is 35.8 Å². The van der Waals surface area contributed by atoms with Crippen molar-refractivity contribution in [1.29, 1.82) is 0 Å². The summed E-state index contributed by atoms with van der Waals surface area (Å²) in [6.07, 6.45) is 0. The molecule has 0 saturated heterocycles. The van der Waals surface area contributed by atoms with E-state index in [1.165, 1.54) is 4.79 Å². The van der Waals surface area contributed by atoms with Crippen LogP contribution in [-0.2, 0) is 20.4 Å². The van der Waals surface area contributed by atoms with Gasteiger partial charge in [0.1, 0.15) is 0 Å². The molecule has 0 heterocycles. The largest absolute Gasteiger partial charge is 0.153 e. The van der Waals surface area contributed by atoms with Crippen molar-refractivity contribution in [2.75, 3.05) is 0 Å². The van der Waals surface area contributed by atoms with E-state index in [0.29, 0.717) is 0 Å². The summed E-state index contributed by atoms with van der Waals surface area (Å²) in [6, 6.07) is 0. The van der Waals surface area contributed by atoms with Crippen LogP contribution in [0.25, 0.3) is 0 Å². The second-order valence-corrected chi connectivity index (χ2v) is 0.298. The van der Waals surface area contributed by atoms with Crippen LogP contribution < -0.4 is 0 Å². The van der Waals surface area contributed by atoms with Gasteiger partial charge in [-0.2, -0.15) is 9.90 Å². The average molecular weight is 118 g/mol. The molecule has 1 unspecified atom stereocenters. The third-order valence-electron chi connectivity index (χ3n) is 0. The smallest absolute Gasteiger partial charge is 0.153 e. The third-order valence-corrected chi connectivity index (χ3v) is 0. The number of hydrogen-bond acceptors (Lipinski definition) is 1. The molecule has 0 spiro atoms. The predicted molar refractivity (Wildman–Crippen MR) is 16.8 cm³/mol. The molecule has 4 heavy (non-hydrogen) atoms. The van der Waals surface area contributed by atoms with Crippen molar-refractivity contribution in [3.8, 4) is 0 Å². The molecule has 0 N–H and O–H groups in total. The molecule has 0 radical (unpaired) electrons. The van der Waals surface area contributed by atoms with Gasteiger partial charge in [-0.05, 0) is 0 Å². The van der Waals surface area contributed by atoms with Crippen LogP contribution in [0, 0.1) is 0 Å². The van der Waals surface area contributed by atoms with Crippen molar-refractivity contribution >= 4 is 14.7 Å². The van der Waals surface area contributed by atoms with Crippen molar-refractivity contribution in [3.05, 3.63) is 0 Å². The average Bonchev–Trinajstić information content (AvgIpc) is 0.918. The molecule has 0 aromatic heterocycles. The minimum absolute atomic E-state index is 0. The SMILES string of the molecule is O=[C]=[Fe].P. The third kappa shape index (κ3) is 21.1. The zero-order chi connectivity index (χ0) is 2.71. The predicted octanol–water partition coefficient (Wildman–Crippen LogP) is -0.342. The monoisotopic (exact) mass is 118 g/mol. The molecule has 3 heteroatoms. The van der Waals surface area contributed by atoms with Crippen LogP contribution in [0.5, 0.6) is 0 Å². The summed E-state index contributed by atoms with van der Waals surface area (Å²) in [5.74, 6) is 0. The Morgan fingerprint density at radius 1 is 1.75 bits per heavy atom. The van der Waals surface area contributed by atoms with E-state index in [1.54, 1.807) is 0 Å². The Bertz CT molecular complexity index is 29.0. The Morgan fingerprint density at radius 3 is 1.75 bits per heavy atom. The maximum Gasteiger partial charge on any atom is -0.153 e. The van der Waals surface area contributed by atoms with Gasteiger partial charge in [-0.3, -0.25) is 0 Å². The molecule has 0 aromatic carbocycles. The quantitative estimate of drug-likeness (QED) is 0.314. The second kappa shape index (κ2) is 9.65. The van der Waals surface area contributed by atoms with Gasteiger partial charge >= 0.3 is 25.2 Å². The molecule has 0 bridgehead atoms. The zero-order valence-electron chi connectivity index (χ0n) is 1.97. The fourth-order valence-corrected chi connectivity index (χ4v) is 0. The Balaban J connectivity index is 0.